The zero-order chi connectivity index (χ0) is 13.9. The van der Waals surface area contributed by atoms with Gasteiger partial charge in [0, 0.05) is 18.7 Å². The molecule has 2 amide bonds. The molecule has 1 aliphatic carbocycles. The normalized spacial score (nSPS) is 16.6. The molecule has 6 heteroatoms. The standard InChI is InChI=1S/C13H16F2N2O2/c14-10-2-3-11(15)9(6-10)7-16-12(18)17-8-13(19)4-1-5-13/h2-3,6,19H,1,4-5,7-8H2,(H2,16,17,18). The first-order valence-corrected chi connectivity index (χ1v) is 6.17. The summed E-state index contributed by atoms with van der Waals surface area (Å²) < 4.78 is 26.2. The molecule has 1 aliphatic rings. The van der Waals surface area contributed by atoms with Crippen molar-refractivity contribution < 1.29 is 18.7 Å². The van der Waals surface area contributed by atoms with Crippen molar-refractivity contribution in [1.82, 2.24) is 10.6 Å². The van der Waals surface area contributed by atoms with E-state index >= 15 is 0 Å². The number of hydrogen-bond acceptors (Lipinski definition) is 2. The van der Waals surface area contributed by atoms with Crippen molar-refractivity contribution in [3.05, 3.63) is 35.4 Å². The summed E-state index contributed by atoms with van der Waals surface area (Å²) in [5.74, 6) is -1.12. The first kappa shape index (κ1) is 13.7. The molecule has 0 radical (unpaired) electrons. The predicted molar refractivity (Wildman–Crippen MR) is 65.4 cm³/mol. The van der Waals surface area contributed by atoms with Gasteiger partial charge < -0.3 is 15.7 Å². The van der Waals surface area contributed by atoms with Crippen LogP contribution in [-0.2, 0) is 6.54 Å². The number of hydrogen-bond donors (Lipinski definition) is 3. The Balaban J connectivity index is 1.78. The van der Waals surface area contributed by atoms with Crippen molar-refractivity contribution in [3.8, 4) is 0 Å². The maximum absolute atomic E-state index is 13.3. The summed E-state index contributed by atoms with van der Waals surface area (Å²) in [6, 6.07) is 2.56. The number of aliphatic hydroxyl groups is 1. The topological polar surface area (TPSA) is 61.4 Å². The van der Waals surface area contributed by atoms with Crippen LogP contribution < -0.4 is 10.6 Å². The number of carbonyl (C=O) groups excluding carboxylic acids is 1. The number of rotatable bonds is 4. The molecule has 4 nitrogen and oxygen atoms in total. The van der Waals surface area contributed by atoms with Gasteiger partial charge in [-0.05, 0) is 37.5 Å². The van der Waals surface area contributed by atoms with E-state index in [9.17, 15) is 18.7 Å². The molecule has 2 rings (SSSR count). The van der Waals surface area contributed by atoms with Crippen molar-refractivity contribution in [3.63, 3.8) is 0 Å². The smallest absolute Gasteiger partial charge is 0.315 e. The Hall–Kier alpha value is -1.69. The van der Waals surface area contributed by atoms with Gasteiger partial charge in [-0.1, -0.05) is 0 Å². The molecule has 1 aromatic rings. The van der Waals surface area contributed by atoms with Gasteiger partial charge >= 0.3 is 6.03 Å². The van der Waals surface area contributed by atoms with E-state index in [1.807, 2.05) is 0 Å². The summed E-state index contributed by atoms with van der Waals surface area (Å²) in [4.78, 5) is 11.4. The molecule has 1 aromatic carbocycles. The van der Waals surface area contributed by atoms with E-state index < -0.39 is 23.3 Å². The van der Waals surface area contributed by atoms with Crippen molar-refractivity contribution >= 4 is 6.03 Å². The lowest BCUT2D eigenvalue weighted by Gasteiger charge is -2.36. The Labute approximate surface area is 109 Å². The first-order chi connectivity index (χ1) is 8.98. The average molecular weight is 270 g/mol. The lowest BCUT2D eigenvalue weighted by Crippen LogP contribution is -2.50. The number of carbonyl (C=O) groups is 1. The van der Waals surface area contributed by atoms with Gasteiger partial charge in [0.2, 0.25) is 0 Å². The molecular formula is C13H16F2N2O2. The maximum Gasteiger partial charge on any atom is 0.315 e. The summed E-state index contributed by atoms with van der Waals surface area (Å²) in [5.41, 5.74) is -0.723. The van der Waals surface area contributed by atoms with Gasteiger partial charge in [0.15, 0.2) is 0 Å². The molecule has 19 heavy (non-hydrogen) atoms. The predicted octanol–water partition coefficient (Wildman–Crippen LogP) is 1.68. The van der Waals surface area contributed by atoms with Crippen LogP contribution in [0.2, 0.25) is 0 Å². The van der Waals surface area contributed by atoms with Gasteiger partial charge in [0.25, 0.3) is 0 Å². The fourth-order valence-corrected chi connectivity index (χ4v) is 1.92. The molecule has 0 heterocycles. The van der Waals surface area contributed by atoms with Crippen molar-refractivity contribution in [1.29, 1.82) is 0 Å². The van der Waals surface area contributed by atoms with Crippen LogP contribution in [0.4, 0.5) is 13.6 Å². The number of amides is 2. The molecule has 0 saturated heterocycles. The van der Waals surface area contributed by atoms with Crippen LogP contribution in [0.15, 0.2) is 18.2 Å². The first-order valence-electron chi connectivity index (χ1n) is 6.17. The molecule has 0 bridgehead atoms. The third-order valence-corrected chi connectivity index (χ3v) is 3.31. The Morgan fingerprint density at radius 1 is 1.32 bits per heavy atom. The van der Waals surface area contributed by atoms with Crippen LogP contribution >= 0.6 is 0 Å². The van der Waals surface area contributed by atoms with E-state index in [1.165, 1.54) is 0 Å². The lowest BCUT2D eigenvalue weighted by molar-refractivity contribution is -0.0290. The molecule has 1 fully saturated rings. The minimum absolute atomic E-state index is 0.0810. The van der Waals surface area contributed by atoms with Crippen LogP contribution in [0.5, 0.6) is 0 Å². The summed E-state index contributed by atoms with van der Waals surface area (Å²) in [5, 5.41) is 14.7. The highest BCUT2D eigenvalue weighted by atomic mass is 19.1. The lowest BCUT2D eigenvalue weighted by atomic mass is 9.80. The second kappa shape index (κ2) is 5.52. The zero-order valence-electron chi connectivity index (χ0n) is 10.4. The Bertz CT molecular complexity index is 476. The highest BCUT2D eigenvalue weighted by Crippen LogP contribution is 2.30. The van der Waals surface area contributed by atoms with E-state index in [-0.39, 0.29) is 18.7 Å². The molecule has 104 valence electrons. The second-order valence-electron chi connectivity index (χ2n) is 4.85. The fraction of sp³-hybridized carbons (Fsp3) is 0.462. The average Bonchev–Trinajstić information content (AvgIpc) is 2.35. The summed E-state index contributed by atoms with van der Waals surface area (Å²) >= 11 is 0. The minimum atomic E-state index is -0.804. The van der Waals surface area contributed by atoms with Crippen LogP contribution in [0.25, 0.3) is 0 Å². The molecule has 0 aliphatic heterocycles. The van der Waals surface area contributed by atoms with Crippen molar-refractivity contribution in [2.75, 3.05) is 6.54 Å². The van der Waals surface area contributed by atoms with E-state index in [0.29, 0.717) is 12.8 Å². The second-order valence-corrected chi connectivity index (χ2v) is 4.85. The van der Waals surface area contributed by atoms with Crippen LogP contribution in [-0.4, -0.2) is 23.3 Å². The molecule has 3 N–H and O–H groups in total. The van der Waals surface area contributed by atoms with Crippen molar-refractivity contribution in [2.24, 2.45) is 0 Å². The van der Waals surface area contributed by atoms with Crippen LogP contribution in [0.1, 0.15) is 24.8 Å². The van der Waals surface area contributed by atoms with E-state index in [1.54, 1.807) is 0 Å². The summed E-state index contributed by atoms with van der Waals surface area (Å²) in [7, 11) is 0. The molecule has 0 aromatic heterocycles. The molecule has 0 unspecified atom stereocenters. The minimum Gasteiger partial charge on any atom is -0.388 e. The van der Waals surface area contributed by atoms with Gasteiger partial charge in [0.05, 0.1) is 5.60 Å². The quantitative estimate of drug-likeness (QED) is 0.779. The number of urea groups is 1. The Morgan fingerprint density at radius 2 is 2.05 bits per heavy atom. The van der Waals surface area contributed by atoms with Gasteiger partial charge in [-0.15, -0.1) is 0 Å². The highest BCUT2D eigenvalue weighted by Gasteiger charge is 2.34. The Kier molecular flexibility index (Phi) is 3.99. The van der Waals surface area contributed by atoms with Gasteiger partial charge in [-0.3, -0.25) is 0 Å². The van der Waals surface area contributed by atoms with E-state index in [4.69, 9.17) is 0 Å². The largest absolute Gasteiger partial charge is 0.388 e. The fourth-order valence-electron chi connectivity index (χ4n) is 1.92. The SMILES string of the molecule is O=C(NCc1cc(F)ccc1F)NCC1(O)CCC1. The molecule has 1 saturated carbocycles. The third-order valence-electron chi connectivity index (χ3n) is 3.31. The third kappa shape index (κ3) is 3.64. The van der Waals surface area contributed by atoms with Crippen LogP contribution in [0, 0.1) is 11.6 Å². The van der Waals surface area contributed by atoms with Gasteiger partial charge in [-0.2, -0.15) is 0 Å². The maximum atomic E-state index is 13.3. The number of nitrogens with one attached hydrogen (secondary N) is 2. The van der Waals surface area contributed by atoms with E-state index in [2.05, 4.69) is 10.6 Å². The highest BCUT2D eigenvalue weighted by molar-refractivity contribution is 5.73. The van der Waals surface area contributed by atoms with Crippen LogP contribution in [0.3, 0.4) is 0 Å². The monoisotopic (exact) mass is 270 g/mol. The molecular weight excluding hydrogens is 254 g/mol. The summed E-state index contributed by atoms with van der Waals surface area (Å²) in [6.45, 7) is 0.0678. The number of benzene rings is 1. The van der Waals surface area contributed by atoms with Crippen molar-refractivity contribution in [2.45, 2.75) is 31.4 Å². The number of halogens is 2. The zero-order valence-corrected chi connectivity index (χ0v) is 10.4. The van der Waals surface area contributed by atoms with E-state index in [0.717, 1.165) is 24.6 Å². The van der Waals surface area contributed by atoms with Gasteiger partial charge in [-0.25, -0.2) is 13.6 Å². The Morgan fingerprint density at radius 3 is 2.68 bits per heavy atom. The molecule has 0 atom stereocenters. The van der Waals surface area contributed by atoms with Gasteiger partial charge in [0.1, 0.15) is 11.6 Å². The molecule has 0 spiro atoms. The summed E-state index contributed by atoms with van der Waals surface area (Å²) in [6.07, 6.45) is 2.30.